The Bertz CT molecular complexity index is 1170. The number of hydrogen-bond acceptors (Lipinski definition) is 5. The van der Waals surface area contributed by atoms with Crippen LogP contribution < -0.4 is 10.6 Å². The van der Waals surface area contributed by atoms with Gasteiger partial charge in [0.25, 0.3) is 17.7 Å². The van der Waals surface area contributed by atoms with Gasteiger partial charge < -0.3 is 15.7 Å². The molecule has 6 rings (SSSR count). The summed E-state index contributed by atoms with van der Waals surface area (Å²) in [6.07, 6.45) is 6.00. The van der Waals surface area contributed by atoms with Gasteiger partial charge >= 0.3 is 0 Å². The maximum absolute atomic E-state index is 13.9. The van der Waals surface area contributed by atoms with E-state index in [4.69, 9.17) is 0 Å². The van der Waals surface area contributed by atoms with Crippen LogP contribution in [-0.2, 0) is 10.4 Å². The Balaban J connectivity index is 1.13. The molecule has 0 radical (unpaired) electrons. The Morgan fingerprint density at radius 1 is 0.947 bits per heavy atom. The average molecular weight is 516 g/mol. The number of nitrogens with one attached hydrogen (secondary N) is 2. The summed E-state index contributed by atoms with van der Waals surface area (Å²) in [5.74, 6) is 0.730. The third-order valence-electron chi connectivity index (χ3n) is 9.47. The van der Waals surface area contributed by atoms with Crippen molar-refractivity contribution in [2.45, 2.75) is 56.6 Å². The molecule has 2 saturated carbocycles. The fourth-order valence-corrected chi connectivity index (χ4v) is 7.37. The molecular formula is C31H37N3O4. The van der Waals surface area contributed by atoms with E-state index in [9.17, 15) is 19.5 Å². The molecule has 2 aromatic carbocycles. The molecule has 1 unspecified atom stereocenters. The van der Waals surface area contributed by atoms with E-state index < -0.39 is 5.60 Å². The highest BCUT2D eigenvalue weighted by Gasteiger charge is 2.57. The Morgan fingerprint density at radius 3 is 2.18 bits per heavy atom. The molecule has 38 heavy (non-hydrogen) atoms. The maximum Gasteiger partial charge on any atom is 0.261 e. The topological polar surface area (TPSA) is 98.7 Å². The van der Waals surface area contributed by atoms with Crippen molar-refractivity contribution in [1.82, 2.24) is 15.5 Å². The number of amides is 3. The minimum Gasteiger partial charge on any atom is -0.375 e. The predicted octanol–water partition coefficient (Wildman–Crippen LogP) is 3.48. The molecular weight excluding hydrogens is 478 g/mol. The summed E-state index contributed by atoms with van der Waals surface area (Å²) in [7, 11) is 0. The van der Waals surface area contributed by atoms with Crippen LogP contribution in [0.5, 0.6) is 0 Å². The lowest BCUT2D eigenvalue weighted by atomic mass is 9.79. The number of aliphatic hydroxyl groups is 1. The summed E-state index contributed by atoms with van der Waals surface area (Å²) < 4.78 is 0. The van der Waals surface area contributed by atoms with Crippen LogP contribution in [0.1, 0.15) is 71.2 Å². The molecule has 3 amide bonds. The van der Waals surface area contributed by atoms with Gasteiger partial charge in [0.05, 0.1) is 11.1 Å². The normalized spacial score (nSPS) is 26.7. The second-order valence-electron chi connectivity index (χ2n) is 11.6. The number of imide groups is 1. The minimum atomic E-state index is -1.53. The molecule has 3 N–H and O–H groups in total. The number of unbranched alkanes of at least 4 members (excludes halogenated alkanes) is 1. The van der Waals surface area contributed by atoms with Crippen molar-refractivity contribution in [2.75, 3.05) is 19.6 Å². The smallest absolute Gasteiger partial charge is 0.261 e. The zero-order valence-corrected chi connectivity index (χ0v) is 21.8. The number of benzene rings is 2. The highest BCUT2D eigenvalue weighted by atomic mass is 16.3. The van der Waals surface area contributed by atoms with E-state index in [0.29, 0.717) is 47.4 Å². The second-order valence-corrected chi connectivity index (χ2v) is 11.6. The Labute approximate surface area is 224 Å². The largest absolute Gasteiger partial charge is 0.375 e. The van der Waals surface area contributed by atoms with Crippen molar-refractivity contribution in [3.8, 4) is 0 Å². The monoisotopic (exact) mass is 515 g/mol. The molecule has 2 aliphatic heterocycles. The van der Waals surface area contributed by atoms with Gasteiger partial charge in [0, 0.05) is 18.5 Å². The number of hydrogen-bond donors (Lipinski definition) is 3. The molecule has 4 aliphatic rings. The zero-order chi connectivity index (χ0) is 26.3. The van der Waals surface area contributed by atoms with Gasteiger partial charge in [-0.15, -0.1) is 0 Å². The summed E-state index contributed by atoms with van der Waals surface area (Å²) in [5.41, 5.74) is 0.103. The summed E-state index contributed by atoms with van der Waals surface area (Å²) in [6, 6.07) is 16.4. The van der Waals surface area contributed by atoms with Gasteiger partial charge in [-0.25, -0.2) is 0 Å². The molecule has 2 heterocycles. The van der Waals surface area contributed by atoms with Crippen LogP contribution in [0, 0.1) is 23.7 Å². The second kappa shape index (κ2) is 10.3. The van der Waals surface area contributed by atoms with Crippen molar-refractivity contribution >= 4 is 17.7 Å². The first-order valence-corrected chi connectivity index (χ1v) is 14.2. The summed E-state index contributed by atoms with van der Waals surface area (Å²) in [6.45, 7) is 2.33. The van der Waals surface area contributed by atoms with Crippen LogP contribution in [0.25, 0.3) is 0 Å². The van der Waals surface area contributed by atoms with Gasteiger partial charge in [-0.2, -0.15) is 0 Å². The lowest BCUT2D eigenvalue weighted by Crippen LogP contribution is -2.53. The number of rotatable bonds is 10. The van der Waals surface area contributed by atoms with Gasteiger partial charge in [0.1, 0.15) is 0 Å². The first-order valence-electron chi connectivity index (χ1n) is 14.2. The van der Waals surface area contributed by atoms with E-state index in [1.165, 1.54) is 4.90 Å². The van der Waals surface area contributed by atoms with Gasteiger partial charge in [-0.05, 0) is 80.6 Å². The highest BCUT2D eigenvalue weighted by molar-refractivity contribution is 6.21. The molecule has 1 saturated heterocycles. The molecule has 2 aliphatic carbocycles. The predicted molar refractivity (Wildman–Crippen MR) is 143 cm³/mol. The van der Waals surface area contributed by atoms with E-state index >= 15 is 0 Å². The number of carbonyl (C=O) groups excluding carboxylic acids is 3. The van der Waals surface area contributed by atoms with Crippen LogP contribution >= 0.6 is 0 Å². The van der Waals surface area contributed by atoms with Crippen LogP contribution in [0.2, 0.25) is 0 Å². The summed E-state index contributed by atoms with van der Waals surface area (Å²) in [5, 5.41) is 18.7. The van der Waals surface area contributed by atoms with Crippen LogP contribution in [-0.4, -0.2) is 53.4 Å². The highest BCUT2D eigenvalue weighted by Crippen LogP contribution is 2.52. The first-order chi connectivity index (χ1) is 18.5. The van der Waals surface area contributed by atoms with E-state index in [1.807, 2.05) is 30.3 Å². The molecule has 0 spiro atoms. The Hall–Kier alpha value is -3.03. The minimum absolute atomic E-state index is 0.0292. The van der Waals surface area contributed by atoms with Crippen molar-refractivity contribution in [1.29, 1.82) is 0 Å². The van der Waals surface area contributed by atoms with Gasteiger partial charge in [-0.3, -0.25) is 19.3 Å². The van der Waals surface area contributed by atoms with E-state index in [-0.39, 0.29) is 29.7 Å². The molecule has 200 valence electrons. The quantitative estimate of drug-likeness (QED) is 0.332. The lowest BCUT2D eigenvalue weighted by molar-refractivity contribution is -0.148. The molecule has 7 heteroatoms. The molecule has 3 fully saturated rings. The lowest BCUT2D eigenvalue weighted by Gasteiger charge is -2.35. The van der Waals surface area contributed by atoms with Crippen LogP contribution in [0.3, 0.4) is 0 Å². The number of carbonyl (C=O) groups is 3. The van der Waals surface area contributed by atoms with E-state index in [1.54, 1.807) is 24.3 Å². The standard InChI is InChI=1S/C31H37N3O4/c35-28-22-14-6-7-15-23(22)29(36)34(28)17-9-8-16-26(27-24-18-32-19-25(24)27)33-30(37)31(38,21-12-4-5-13-21)20-10-2-1-3-11-20/h1-3,6-7,10-11,14-15,21,24-27,32,38H,4-5,8-9,12-13,16-19H2,(H,33,37)/t24-,25?,26+,27+,31-/m1/s1. The third kappa shape index (κ3) is 4.35. The van der Waals surface area contributed by atoms with Crippen LogP contribution in [0.4, 0.5) is 0 Å². The SMILES string of the molecule is O=C1c2ccccc2C(=O)N1CCCC[C@H](NC(=O)[C@@](O)(c1ccccc1)C1CCCC1)[C@@H]1C2CNC[C@H]21. The molecule has 5 atom stereocenters. The van der Waals surface area contributed by atoms with Crippen molar-refractivity contribution < 1.29 is 19.5 Å². The maximum atomic E-state index is 13.9. The Kier molecular flexibility index (Phi) is 6.82. The molecule has 7 nitrogen and oxygen atoms in total. The number of piperidine rings is 1. The van der Waals surface area contributed by atoms with Crippen molar-refractivity contribution in [3.05, 3.63) is 71.3 Å². The van der Waals surface area contributed by atoms with Gasteiger partial charge in [0.2, 0.25) is 0 Å². The average Bonchev–Trinajstić information content (AvgIpc) is 3.36. The molecule has 0 aromatic heterocycles. The van der Waals surface area contributed by atoms with Crippen LogP contribution in [0.15, 0.2) is 54.6 Å². The zero-order valence-electron chi connectivity index (χ0n) is 21.8. The number of fused-ring (bicyclic) bond motifs is 2. The van der Waals surface area contributed by atoms with E-state index in [0.717, 1.165) is 51.6 Å². The number of nitrogens with zero attached hydrogens (tertiary/aromatic N) is 1. The van der Waals surface area contributed by atoms with Crippen molar-refractivity contribution in [3.63, 3.8) is 0 Å². The van der Waals surface area contributed by atoms with Gasteiger partial charge in [0.15, 0.2) is 5.60 Å². The third-order valence-corrected chi connectivity index (χ3v) is 9.47. The fourth-order valence-electron chi connectivity index (χ4n) is 7.37. The summed E-state index contributed by atoms with van der Waals surface area (Å²) in [4.78, 5) is 40.7. The molecule has 2 aromatic rings. The fraction of sp³-hybridized carbons (Fsp3) is 0.516. The van der Waals surface area contributed by atoms with E-state index in [2.05, 4.69) is 10.6 Å². The van der Waals surface area contributed by atoms with Gasteiger partial charge in [-0.1, -0.05) is 55.3 Å². The Morgan fingerprint density at radius 2 is 1.55 bits per heavy atom. The first kappa shape index (κ1) is 25.3. The van der Waals surface area contributed by atoms with Crippen molar-refractivity contribution in [2.24, 2.45) is 23.7 Å². The summed E-state index contributed by atoms with van der Waals surface area (Å²) >= 11 is 0. The molecule has 0 bridgehead atoms.